The second-order valence-electron chi connectivity index (χ2n) is 6.12. The van der Waals surface area contributed by atoms with Crippen molar-refractivity contribution in [3.63, 3.8) is 0 Å². The molecule has 0 saturated heterocycles. The molecule has 0 aliphatic rings. The molecule has 0 spiro atoms. The van der Waals surface area contributed by atoms with Crippen molar-refractivity contribution in [3.8, 4) is 0 Å². The summed E-state index contributed by atoms with van der Waals surface area (Å²) >= 11 is 12.2. The summed E-state index contributed by atoms with van der Waals surface area (Å²) in [5.41, 5.74) is -0.845. The summed E-state index contributed by atoms with van der Waals surface area (Å²) in [7, 11) is -3.89. The predicted molar refractivity (Wildman–Crippen MR) is 103 cm³/mol. The zero-order valence-corrected chi connectivity index (χ0v) is 16.9. The third-order valence-corrected chi connectivity index (χ3v) is 5.13. The first kappa shape index (κ1) is 21.1. The molecule has 2 atom stereocenters. The largest absolute Gasteiger partial charge is 0.382 e. The summed E-state index contributed by atoms with van der Waals surface area (Å²) in [4.78, 5) is 4.05. The van der Waals surface area contributed by atoms with Gasteiger partial charge in [-0.3, -0.25) is 9.17 Å². The Bertz CT molecular complexity index is 846. The van der Waals surface area contributed by atoms with Crippen molar-refractivity contribution in [2.45, 2.75) is 37.9 Å². The highest BCUT2D eigenvalue weighted by molar-refractivity contribution is 7.86. The van der Waals surface area contributed by atoms with E-state index in [0.717, 1.165) is 12.7 Å². The Labute approximate surface area is 164 Å². The van der Waals surface area contributed by atoms with Gasteiger partial charge in [-0.1, -0.05) is 55.1 Å². The van der Waals surface area contributed by atoms with Gasteiger partial charge < -0.3 is 5.11 Å². The lowest BCUT2D eigenvalue weighted by atomic mass is 9.81. The standard InChI is InChI=1S/C18H21Cl2NO4S/c1-3-4-9-18(22,13-6-5-10-21-12-13)17(25-26(2,23)24)15-8-7-14(19)11-16(15)20/h5-8,10-12,17,22H,3-4,9H2,1-2H3. The first-order valence-corrected chi connectivity index (χ1v) is 10.7. The van der Waals surface area contributed by atoms with Crippen molar-refractivity contribution in [1.82, 2.24) is 4.98 Å². The van der Waals surface area contributed by atoms with Gasteiger partial charge in [0.05, 0.1) is 6.26 Å². The minimum Gasteiger partial charge on any atom is -0.382 e. The zero-order valence-electron chi connectivity index (χ0n) is 14.5. The average Bonchev–Trinajstić information content (AvgIpc) is 2.58. The van der Waals surface area contributed by atoms with Gasteiger partial charge in [-0.15, -0.1) is 0 Å². The molecule has 0 aliphatic heterocycles. The zero-order chi connectivity index (χ0) is 19.4. The highest BCUT2D eigenvalue weighted by Gasteiger charge is 2.43. The summed E-state index contributed by atoms with van der Waals surface area (Å²) in [6.07, 6.45) is 4.51. The van der Waals surface area contributed by atoms with Crippen LogP contribution in [-0.4, -0.2) is 24.8 Å². The second-order valence-corrected chi connectivity index (χ2v) is 8.56. The first-order chi connectivity index (χ1) is 12.2. The molecule has 1 N–H and O–H groups in total. The monoisotopic (exact) mass is 417 g/mol. The van der Waals surface area contributed by atoms with Crippen LogP contribution in [0.1, 0.15) is 43.4 Å². The van der Waals surface area contributed by atoms with E-state index >= 15 is 0 Å². The van der Waals surface area contributed by atoms with E-state index in [2.05, 4.69) is 4.98 Å². The van der Waals surface area contributed by atoms with Crippen LogP contribution in [0.15, 0.2) is 42.7 Å². The topological polar surface area (TPSA) is 76.5 Å². The van der Waals surface area contributed by atoms with Crippen LogP contribution in [0.25, 0.3) is 0 Å². The maximum Gasteiger partial charge on any atom is 0.265 e. The molecule has 0 bridgehead atoms. The van der Waals surface area contributed by atoms with Gasteiger partial charge >= 0.3 is 0 Å². The van der Waals surface area contributed by atoms with Crippen molar-refractivity contribution >= 4 is 33.3 Å². The molecule has 1 aromatic heterocycles. The quantitative estimate of drug-likeness (QED) is 0.640. The average molecular weight is 418 g/mol. The van der Waals surface area contributed by atoms with Crippen molar-refractivity contribution < 1.29 is 17.7 Å². The second kappa shape index (κ2) is 8.67. The van der Waals surface area contributed by atoms with E-state index in [4.69, 9.17) is 27.4 Å². The maximum atomic E-state index is 11.9. The molecule has 0 amide bonds. The van der Waals surface area contributed by atoms with E-state index in [1.165, 1.54) is 12.3 Å². The molecule has 0 saturated carbocycles. The Hall–Kier alpha value is -1.18. The van der Waals surface area contributed by atoms with E-state index < -0.39 is 21.8 Å². The van der Waals surface area contributed by atoms with Gasteiger partial charge in [-0.2, -0.15) is 8.42 Å². The van der Waals surface area contributed by atoms with E-state index in [0.29, 0.717) is 22.6 Å². The Morgan fingerprint density at radius 3 is 2.58 bits per heavy atom. The SMILES string of the molecule is CCCCC(O)(c1cccnc1)C(OS(C)(=O)=O)c1ccc(Cl)cc1Cl. The summed E-state index contributed by atoms with van der Waals surface area (Å²) in [6.45, 7) is 1.98. The number of unbranched alkanes of at least 4 members (excludes halogenated alkanes) is 1. The molecule has 142 valence electrons. The van der Waals surface area contributed by atoms with Crippen molar-refractivity contribution in [1.29, 1.82) is 0 Å². The fourth-order valence-corrected chi connectivity index (χ4v) is 3.89. The number of halogens is 2. The van der Waals surface area contributed by atoms with Crippen LogP contribution in [-0.2, 0) is 19.9 Å². The third-order valence-electron chi connectivity index (χ3n) is 4.02. The fourth-order valence-electron chi connectivity index (χ4n) is 2.77. The lowest BCUT2D eigenvalue weighted by molar-refractivity contribution is -0.0749. The number of rotatable bonds is 8. The molecule has 0 aliphatic carbocycles. The summed E-state index contributed by atoms with van der Waals surface area (Å²) < 4.78 is 29.2. The molecule has 26 heavy (non-hydrogen) atoms. The predicted octanol–water partition coefficient (Wildman–Crippen LogP) is 4.48. The number of benzene rings is 1. The maximum absolute atomic E-state index is 11.9. The molecule has 1 heterocycles. The number of hydrogen-bond donors (Lipinski definition) is 1. The lowest BCUT2D eigenvalue weighted by Crippen LogP contribution is -2.36. The molecule has 1 aromatic carbocycles. The highest BCUT2D eigenvalue weighted by Crippen LogP contribution is 2.44. The number of aromatic nitrogens is 1. The van der Waals surface area contributed by atoms with Crippen LogP contribution >= 0.6 is 23.2 Å². The molecule has 2 rings (SSSR count). The van der Waals surface area contributed by atoms with Gasteiger partial charge in [0.25, 0.3) is 10.1 Å². The van der Waals surface area contributed by atoms with Crippen molar-refractivity contribution in [2.75, 3.05) is 6.26 Å². The Balaban J connectivity index is 2.65. The minimum atomic E-state index is -3.89. The molecule has 8 heteroatoms. The Morgan fingerprint density at radius 1 is 1.31 bits per heavy atom. The van der Waals surface area contributed by atoms with Gasteiger partial charge in [0, 0.05) is 33.6 Å². The number of nitrogens with zero attached hydrogens (tertiary/aromatic N) is 1. The molecule has 0 fully saturated rings. The summed E-state index contributed by atoms with van der Waals surface area (Å²) in [5.74, 6) is 0. The number of aliphatic hydroxyl groups is 1. The van der Waals surface area contributed by atoms with E-state index in [9.17, 15) is 13.5 Å². The van der Waals surface area contributed by atoms with Gasteiger partial charge in [0.15, 0.2) is 0 Å². The summed E-state index contributed by atoms with van der Waals surface area (Å²) in [5, 5.41) is 12.2. The van der Waals surface area contributed by atoms with Crippen LogP contribution in [0.5, 0.6) is 0 Å². The molecular formula is C18H21Cl2NO4S. The van der Waals surface area contributed by atoms with Crippen molar-refractivity contribution in [3.05, 3.63) is 63.9 Å². The van der Waals surface area contributed by atoms with Gasteiger partial charge in [0.2, 0.25) is 0 Å². The third kappa shape index (κ3) is 5.18. The van der Waals surface area contributed by atoms with Gasteiger partial charge in [-0.05, 0) is 24.6 Å². The first-order valence-electron chi connectivity index (χ1n) is 8.13. The molecule has 2 unspecified atom stereocenters. The van der Waals surface area contributed by atoms with Gasteiger partial charge in [-0.25, -0.2) is 0 Å². The summed E-state index contributed by atoms with van der Waals surface area (Å²) in [6, 6.07) is 7.98. The van der Waals surface area contributed by atoms with E-state index in [1.807, 2.05) is 6.92 Å². The van der Waals surface area contributed by atoms with E-state index in [1.54, 1.807) is 30.5 Å². The normalized spacial score (nSPS) is 15.4. The Morgan fingerprint density at radius 2 is 2.04 bits per heavy atom. The van der Waals surface area contributed by atoms with Crippen LogP contribution in [0.2, 0.25) is 10.0 Å². The van der Waals surface area contributed by atoms with E-state index in [-0.39, 0.29) is 11.4 Å². The molecule has 5 nitrogen and oxygen atoms in total. The van der Waals surface area contributed by atoms with Crippen LogP contribution in [0, 0.1) is 0 Å². The lowest BCUT2D eigenvalue weighted by Gasteiger charge is -2.36. The number of pyridine rings is 1. The van der Waals surface area contributed by atoms with Crippen LogP contribution in [0.3, 0.4) is 0 Å². The van der Waals surface area contributed by atoms with Crippen LogP contribution in [0.4, 0.5) is 0 Å². The molecule has 2 aromatic rings. The van der Waals surface area contributed by atoms with Crippen molar-refractivity contribution in [2.24, 2.45) is 0 Å². The smallest absolute Gasteiger partial charge is 0.265 e. The highest BCUT2D eigenvalue weighted by atomic mass is 35.5. The Kier molecular flexibility index (Phi) is 7.05. The van der Waals surface area contributed by atoms with Crippen LogP contribution < -0.4 is 0 Å². The molecular weight excluding hydrogens is 397 g/mol. The molecule has 0 radical (unpaired) electrons. The fraction of sp³-hybridized carbons (Fsp3) is 0.389. The minimum absolute atomic E-state index is 0.213. The number of hydrogen-bond acceptors (Lipinski definition) is 5. The van der Waals surface area contributed by atoms with Gasteiger partial charge in [0.1, 0.15) is 11.7 Å².